The summed E-state index contributed by atoms with van der Waals surface area (Å²) in [7, 11) is 1.58. The molecular formula is C19H27ClN2O4. The second-order valence-electron chi connectivity index (χ2n) is 6.28. The number of esters is 1. The number of hydrogen-bond donors (Lipinski definition) is 0. The van der Waals surface area contributed by atoms with Crippen LogP contribution in [0.15, 0.2) is 18.2 Å². The van der Waals surface area contributed by atoms with Crippen LogP contribution in [0.25, 0.3) is 0 Å². The molecule has 6 nitrogen and oxygen atoms in total. The molecule has 7 heteroatoms. The summed E-state index contributed by atoms with van der Waals surface area (Å²) in [6.45, 7) is 5.35. The lowest BCUT2D eigenvalue weighted by molar-refractivity contribution is -0.144. The van der Waals surface area contributed by atoms with Crippen molar-refractivity contribution in [2.24, 2.45) is 0 Å². The van der Waals surface area contributed by atoms with Gasteiger partial charge in [-0.2, -0.15) is 0 Å². The van der Waals surface area contributed by atoms with Crippen molar-refractivity contribution in [3.05, 3.63) is 28.8 Å². The highest BCUT2D eigenvalue weighted by Gasteiger charge is 2.20. The zero-order valence-electron chi connectivity index (χ0n) is 15.5. The Morgan fingerprint density at radius 3 is 2.69 bits per heavy atom. The molecule has 1 aliphatic rings. The van der Waals surface area contributed by atoms with Gasteiger partial charge in [-0.1, -0.05) is 17.7 Å². The third kappa shape index (κ3) is 6.18. The topological polar surface area (TPSA) is 59.1 Å². The van der Waals surface area contributed by atoms with E-state index in [-0.39, 0.29) is 11.9 Å². The smallest absolute Gasteiger partial charge is 0.320 e. The van der Waals surface area contributed by atoms with Crippen molar-refractivity contribution in [1.29, 1.82) is 0 Å². The second-order valence-corrected chi connectivity index (χ2v) is 6.69. The molecule has 0 atom stereocenters. The van der Waals surface area contributed by atoms with Crippen molar-refractivity contribution >= 4 is 23.5 Å². The van der Waals surface area contributed by atoms with Crippen LogP contribution in [0.5, 0.6) is 5.75 Å². The van der Waals surface area contributed by atoms with E-state index in [1.54, 1.807) is 14.0 Å². The molecule has 0 radical (unpaired) electrons. The summed E-state index contributed by atoms with van der Waals surface area (Å²) in [6, 6.07) is 5.60. The van der Waals surface area contributed by atoms with Crippen molar-refractivity contribution in [1.82, 2.24) is 9.80 Å². The first kappa shape index (κ1) is 20.5. The van der Waals surface area contributed by atoms with Crippen LogP contribution in [0.1, 0.15) is 25.3 Å². The molecular weight excluding hydrogens is 356 g/mol. The average molecular weight is 383 g/mol. The van der Waals surface area contributed by atoms with Gasteiger partial charge < -0.3 is 14.4 Å². The zero-order chi connectivity index (χ0) is 18.9. The van der Waals surface area contributed by atoms with Crippen LogP contribution in [-0.4, -0.2) is 68.1 Å². The van der Waals surface area contributed by atoms with Crippen molar-refractivity contribution in [3.8, 4) is 5.75 Å². The van der Waals surface area contributed by atoms with Gasteiger partial charge in [0.15, 0.2) is 0 Å². The van der Waals surface area contributed by atoms with Crippen LogP contribution in [0.3, 0.4) is 0 Å². The Bertz CT molecular complexity index is 624. The van der Waals surface area contributed by atoms with E-state index in [4.69, 9.17) is 21.1 Å². The minimum Gasteiger partial charge on any atom is -0.495 e. The second kappa shape index (κ2) is 10.4. The number of benzene rings is 1. The average Bonchev–Trinajstić information content (AvgIpc) is 2.85. The fourth-order valence-electron chi connectivity index (χ4n) is 3.04. The lowest BCUT2D eigenvalue weighted by Gasteiger charge is -2.21. The highest BCUT2D eigenvalue weighted by molar-refractivity contribution is 6.32. The Hall–Kier alpha value is -1.79. The van der Waals surface area contributed by atoms with E-state index in [9.17, 15) is 9.59 Å². The fraction of sp³-hybridized carbons (Fsp3) is 0.579. The molecule has 0 unspecified atom stereocenters. The molecule has 0 aliphatic carbocycles. The monoisotopic (exact) mass is 382 g/mol. The maximum Gasteiger partial charge on any atom is 0.320 e. The number of aryl methyl sites for hydroxylation is 1. The van der Waals surface area contributed by atoms with E-state index in [1.807, 2.05) is 23.1 Å². The van der Waals surface area contributed by atoms with Crippen LogP contribution in [0.2, 0.25) is 5.02 Å². The quantitative estimate of drug-likeness (QED) is 0.677. The van der Waals surface area contributed by atoms with Gasteiger partial charge in [-0.25, -0.2) is 0 Å². The minimum absolute atomic E-state index is 0.134. The summed E-state index contributed by atoms with van der Waals surface area (Å²) < 4.78 is 10.1. The summed E-state index contributed by atoms with van der Waals surface area (Å²) in [5.74, 6) is 0.564. The lowest BCUT2D eigenvalue weighted by atomic mass is 10.1. The molecule has 2 rings (SSSR count). The molecule has 26 heavy (non-hydrogen) atoms. The summed E-state index contributed by atoms with van der Waals surface area (Å²) in [6.07, 6.45) is 1.95. The van der Waals surface area contributed by atoms with E-state index in [0.717, 1.165) is 25.1 Å². The highest BCUT2D eigenvalue weighted by Crippen LogP contribution is 2.25. The maximum atomic E-state index is 12.5. The molecule has 1 fully saturated rings. The van der Waals surface area contributed by atoms with Gasteiger partial charge in [-0.05, 0) is 37.5 Å². The number of rotatable bonds is 7. The normalized spacial score (nSPS) is 15.4. The van der Waals surface area contributed by atoms with Crippen molar-refractivity contribution in [2.75, 3.05) is 46.4 Å². The van der Waals surface area contributed by atoms with E-state index in [1.165, 1.54) is 0 Å². The predicted octanol–water partition coefficient (Wildman–Crippen LogP) is 2.38. The molecule has 1 aromatic rings. The standard InChI is InChI=1S/C19H27ClN2O4/c1-3-26-19(24)14-21-9-4-10-22(12-11-21)18(23)8-6-15-5-7-17(25-2)16(20)13-15/h5,7,13H,3-4,6,8-12,14H2,1-2H3. The minimum atomic E-state index is -0.205. The van der Waals surface area contributed by atoms with Crippen LogP contribution < -0.4 is 4.74 Å². The van der Waals surface area contributed by atoms with Crippen LogP contribution in [-0.2, 0) is 20.7 Å². The van der Waals surface area contributed by atoms with Gasteiger partial charge in [0.1, 0.15) is 5.75 Å². The third-order valence-electron chi connectivity index (χ3n) is 4.44. The SMILES string of the molecule is CCOC(=O)CN1CCCN(C(=O)CCc2ccc(OC)c(Cl)c2)CC1. The largest absolute Gasteiger partial charge is 0.495 e. The van der Waals surface area contributed by atoms with E-state index < -0.39 is 0 Å². The van der Waals surface area contributed by atoms with E-state index >= 15 is 0 Å². The van der Waals surface area contributed by atoms with Crippen LogP contribution >= 0.6 is 11.6 Å². The number of ether oxygens (including phenoxy) is 2. The summed E-state index contributed by atoms with van der Waals surface area (Å²) >= 11 is 6.13. The number of amides is 1. The van der Waals surface area contributed by atoms with Gasteiger partial charge in [0.05, 0.1) is 25.3 Å². The third-order valence-corrected chi connectivity index (χ3v) is 4.74. The predicted molar refractivity (Wildman–Crippen MR) is 101 cm³/mol. The van der Waals surface area contributed by atoms with Crippen molar-refractivity contribution in [3.63, 3.8) is 0 Å². The van der Waals surface area contributed by atoms with Crippen molar-refractivity contribution in [2.45, 2.75) is 26.2 Å². The molecule has 0 spiro atoms. The number of methoxy groups -OCH3 is 1. The maximum absolute atomic E-state index is 12.5. The van der Waals surface area contributed by atoms with E-state index in [0.29, 0.717) is 49.9 Å². The highest BCUT2D eigenvalue weighted by atomic mass is 35.5. The first-order valence-electron chi connectivity index (χ1n) is 9.01. The number of hydrogen-bond acceptors (Lipinski definition) is 5. The summed E-state index contributed by atoms with van der Waals surface area (Å²) in [5.41, 5.74) is 1.02. The number of nitrogens with zero attached hydrogens (tertiary/aromatic N) is 2. The molecule has 0 bridgehead atoms. The Kier molecular flexibility index (Phi) is 8.19. The molecule has 1 aliphatic heterocycles. The Balaban J connectivity index is 1.80. The molecule has 1 saturated heterocycles. The molecule has 0 saturated carbocycles. The Morgan fingerprint density at radius 1 is 1.19 bits per heavy atom. The van der Waals surface area contributed by atoms with Crippen molar-refractivity contribution < 1.29 is 19.1 Å². The summed E-state index contributed by atoms with van der Waals surface area (Å²) in [5, 5.41) is 0.557. The molecule has 1 amide bonds. The molecule has 0 aromatic heterocycles. The van der Waals surface area contributed by atoms with Gasteiger partial charge in [0.25, 0.3) is 0 Å². The number of carbonyl (C=O) groups is 2. The fourth-order valence-corrected chi connectivity index (χ4v) is 3.32. The first-order valence-corrected chi connectivity index (χ1v) is 9.39. The Morgan fingerprint density at radius 2 is 2.00 bits per heavy atom. The number of halogens is 1. The molecule has 144 valence electrons. The van der Waals surface area contributed by atoms with Crippen LogP contribution in [0, 0.1) is 0 Å². The van der Waals surface area contributed by atoms with E-state index in [2.05, 4.69) is 4.90 Å². The molecule has 1 aromatic carbocycles. The van der Waals surface area contributed by atoms with Gasteiger partial charge in [0, 0.05) is 32.6 Å². The molecule has 1 heterocycles. The first-order chi connectivity index (χ1) is 12.5. The van der Waals surface area contributed by atoms with Gasteiger partial charge in [0.2, 0.25) is 5.91 Å². The van der Waals surface area contributed by atoms with Crippen LogP contribution in [0.4, 0.5) is 0 Å². The van der Waals surface area contributed by atoms with Gasteiger partial charge >= 0.3 is 5.97 Å². The lowest BCUT2D eigenvalue weighted by Crippen LogP contribution is -2.37. The van der Waals surface area contributed by atoms with Gasteiger partial charge in [-0.3, -0.25) is 14.5 Å². The zero-order valence-corrected chi connectivity index (χ0v) is 16.3. The van der Waals surface area contributed by atoms with Gasteiger partial charge in [-0.15, -0.1) is 0 Å². The number of carbonyl (C=O) groups excluding carboxylic acids is 2. The summed E-state index contributed by atoms with van der Waals surface area (Å²) in [4.78, 5) is 28.1. The Labute approximate surface area is 160 Å². The molecule has 0 N–H and O–H groups in total.